The van der Waals surface area contributed by atoms with Gasteiger partial charge in [-0.2, -0.15) is 5.26 Å². The van der Waals surface area contributed by atoms with Crippen molar-refractivity contribution in [2.45, 2.75) is 23.8 Å². The number of sulfonamides is 1. The number of carbonyl (C=O) groups excluding carboxylic acids is 1. The second-order valence-corrected chi connectivity index (χ2v) is 7.69. The molecule has 2 aromatic carbocycles. The molecule has 0 aliphatic heterocycles. The molecule has 6 nitrogen and oxygen atoms in total. The van der Waals surface area contributed by atoms with Gasteiger partial charge in [0.2, 0.25) is 15.9 Å². The minimum atomic E-state index is -3.47. The average molecular weight is 367 g/mol. The third-order valence-electron chi connectivity index (χ3n) is 3.78. The van der Waals surface area contributed by atoms with E-state index in [1.807, 2.05) is 6.07 Å². The topological polar surface area (TPSA) is 99.1 Å². The van der Waals surface area contributed by atoms with E-state index in [9.17, 15) is 13.2 Å². The van der Waals surface area contributed by atoms with E-state index in [0.29, 0.717) is 16.8 Å². The molecule has 0 atom stereocenters. The first-order valence-corrected chi connectivity index (χ1v) is 9.56. The van der Waals surface area contributed by atoms with E-state index in [0.717, 1.165) is 12.8 Å². The Morgan fingerprint density at radius 3 is 2.54 bits per heavy atom. The van der Waals surface area contributed by atoms with E-state index in [1.165, 1.54) is 18.2 Å². The van der Waals surface area contributed by atoms with Crippen LogP contribution in [0.4, 0.5) is 5.69 Å². The average Bonchev–Trinajstić information content (AvgIpc) is 3.44. The molecule has 3 rings (SSSR count). The smallest absolute Gasteiger partial charge is 0.248 e. The van der Waals surface area contributed by atoms with Crippen molar-refractivity contribution in [3.63, 3.8) is 0 Å². The number of nitriles is 1. The van der Waals surface area contributed by atoms with Crippen molar-refractivity contribution in [2.24, 2.45) is 0 Å². The number of hydrogen-bond acceptors (Lipinski definition) is 4. The third kappa shape index (κ3) is 4.79. The van der Waals surface area contributed by atoms with Crippen LogP contribution < -0.4 is 10.0 Å². The molecule has 0 bridgehead atoms. The Balaban J connectivity index is 1.62. The molecule has 0 saturated heterocycles. The highest BCUT2D eigenvalue weighted by Gasteiger charge is 2.27. The van der Waals surface area contributed by atoms with Gasteiger partial charge in [0.25, 0.3) is 0 Å². The van der Waals surface area contributed by atoms with Crippen LogP contribution >= 0.6 is 0 Å². The van der Waals surface area contributed by atoms with E-state index in [-0.39, 0.29) is 16.8 Å². The molecule has 0 heterocycles. The standard InChI is InChI=1S/C19H17N3O3S/c20-13-15-2-1-3-17(12-15)21-19(23)11-6-14-4-9-18(10-5-14)26(24,25)22-16-7-8-16/h1-6,9-12,16,22H,7-8H2,(H,21,23). The van der Waals surface area contributed by atoms with Crippen molar-refractivity contribution < 1.29 is 13.2 Å². The molecular formula is C19H17N3O3S. The summed E-state index contributed by atoms with van der Waals surface area (Å²) < 4.78 is 26.8. The Morgan fingerprint density at radius 2 is 1.88 bits per heavy atom. The van der Waals surface area contributed by atoms with Crippen LogP contribution in [-0.4, -0.2) is 20.4 Å². The lowest BCUT2D eigenvalue weighted by atomic mass is 10.2. The van der Waals surface area contributed by atoms with Crippen molar-refractivity contribution in [2.75, 3.05) is 5.32 Å². The monoisotopic (exact) mass is 367 g/mol. The summed E-state index contributed by atoms with van der Waals surface area (Å²) >= 11 is 0. The molecule has 1 fully saturated rings. The molecule has 1 aliphatic carbocycles. The van der Waals surface area contributed by atoms with Crippen molar-refractivity contribution in [1.82, 2.24) is 4.72 Å². The van der Waals surface area contributed by atoms with Gasteiger partial charge in [0.15, 0.2) is 0 Å². The van der Waals surface area contributed by atoms with Crippen LogP contribution in [0.5, 0.6) is 0 Å². The van der Waals surface area contributed by atoms with Crippen LogP contribution in [0.25, 0.3) is 6.08 Å². The van der Waals surface area contributed by atoms with Crippen molar-refractivity contribution >= 4 is 27.7 Å². The fourth-order valence-corrected chi connectivity index (χ4v) is 3.57. The predicted molar refractivity (Wildman–Crippen MR) is 98.6 cm³/mol. The summed E-state index contributed by atoms with van der Waals surface area (Å²) in [7, 11) is -3.47. The van der Waals surface area contributed by atoms with Gasteiger partial charge in [-0.3, -0.25) is 4.79 Å². The number of carbonyl (C=O) groups is 1. The molecule has 7 heteroatoms. The number of nitrogens with zero attached hydrogens (tertiary/aromatic N) is 1. The second kappa shape index (κ2) is 7.52. The van der Waals surface area contributed by atoms with Gasteiger partial charge >= 0.3 is 0 Å². The second-order valence-electron chi connectivity index (χ2n) is 5.98. The fraction of sp³-hybridized carbons (Fsp3) is 0.158. The van der Waals surface area contributed by atoms with Gasteiger partial charge in [-0.05, 0) is 54.8 Å². The van der Waals surface area contributed by atoms with Gasteiger partial charge in [-0.25, -0.2) is 13.1 Å². The highest BCUT2D eigenvalue weighted by molar-refractivity contribution is 7.89. The lowest BCUT2D eigenvalue weighted by Gasteiger charge is -2.05. The van der Waals surface area contributed by atoms with E-state index < -0.39 is 10.0 Å². The lowest BCUT2D eigenvalue weighted by Crippen LogP contribution is -2.25. The summed E-state index contributed by atoms with van der Waals surface area (Å²) in [4.78, 5) is 12.2. The van der Waals surface area contributed by atoms with Gasteiger partial charge in [-0.15, -0.1) is 0 Å². The maximum absolute atomic E-state index is 12.1. The van der Waals surface area contributed by atoms with Crippen LogP contribution in [0.3, 0.4) is 0 Å². The highest BCUT2D eigenvalue weighted by Crippen LogP contribution is 2.22. The minimum absolute atomic E-state index is 0.0582. The van der Waals surface area contributed by atoms with Crippen molar-refractivity contribution in [3.05, 3.63) is 65.7 Å². The quantitative estimate of drug-likeness (QED) is 0.767. The van der Waals surface area contributed by atoms with Gasteiger partial charge in [-0.1, -0.05) is 18.2 Å². The summed E-state index contributed by atoms with van der Waals surface area (Å²) in [6, 6.07) is 15.0. The molecule has 0 aromatic heterocycles. The Hall–Kier alpha value is -2.95. The van der Waals surface area contributed by atoms with E-state index in [2.05, 4.69) is 10.0 Å². The number of anilines is 1. The molecular weight excluding hydrogens is 350 g/mol. The Kier molecular flexibility index (Phi) is 5.16. The zero-order valence-electron chi connectivity index (χ0n) is 13.8. The van der Waals surface area contributed by atoms with Crippen LogP contribution in [0, 0.1) is 11.3 Å². The number of rotatable bonds is 6. The van der Waals surface area contributed by atoms with Gasteiger partial charge in [0, 0.05) is 17.8 Å². The molecule has 1 amide bonds. The first-order valence-electron chi connectivity index (χ1n) is 8.08. The fourth-order valence-electron chi connectivity index (χ4n) is 2.27. The number of benzene rings is 2. The van der Waals surface area contributed by atoms with Crippen molar-refractivity contribution in [3.8, 4) is 6.07 Å². The molecule has 26 heavy (non-hydrogen) atoms. The third-order valence-corrected chi connectivity index (χ3v) is 5.31. The summed E-state index contributed by atoms with van der Waals surface area (Å²) in [6.45, 7) is 0. The summed E-state index contributed by atoms with van der Waals surface area (Å²) in [6.07, 6.45) is 4.71. The van der Waals surface area contributed by atoms with E-state index in [1.54, 1.807) is 42.5 Å². The SMILES string of the molecule is N#Cc1cccc(NC(=O)C=Cc2ccc(S(=O)(=O)NC3CC3)cc2)c1. The normalized spacial score (nSPS) is 14.1. The van der Waals surface area contributed by atoms with Crippen LogP contribution in [-0.2, 0) is 14.8 Å². The largest absolute Gasteiger partial charge is 0.322 e. The summed E-state index contributed by atoms with van der Waals surface area (Å²) in [5, 5.41) is 11.5. The maximum atomic E-state index is 12.1. The van der Waals surface area contributed by atoms with E-state index >= 15 is 0 Å². The summed E-state index contributed by atoms with van der Waals surface area (Å²) in [5.74, 6) is -0.341. The zero-order chi connectivity index (χ0) is 18.6. The molecule has 132 valence electrons. The Morgan fingerprint density at radius 1 is 1.15 bits per heavy atom. The molecule has 0 spiro atoms. The van der Waals surface area contributed by atoms with Crippen LogP contribution in [0.1, 0.15) is 24.0 Å². The van der Waals surface area contributed by atoms with Gasteiger partial charge < -0.3 is 5.32 Å². The Bertz CT molecular complexity index is 985. The number of hydrogen-bond donors (Lipinski definition) is 2. The lowest BCUT2D eigenvalue weighted by molar-refractivity contribution is -0.111. The molecule has 0 radical (unpaired) electrons. The predicted octanol–water partition coefficient (Wildman–Crippen LogP) is 2.65. The first kappa shape index (κ1) is 17.9. The highest BCUT2D eigenvalue weighted by atomic mass is 32.2. The van der Waals surface area contributed by atoms with Gasteiger partial charge in [0.05, 0.1) is 16.5 Å². The number of amides is 1. The first-order chi connectivity index (χ1) is 12.5. The van der Waals surface area contributed by atoms with Crippen LogP contribution in [0.2, 0.25) is 0 Å². The Labute approximate surface area is 152 Å². The molecule has 1 aliphatic rings. The molecule has 2 N–H and O–H groups in total. The van der Waals surface area contributed by atoms with E-state index in [4.69, 9.17) is 5.26 Å². The number of nitrogens with one attached hydrogen (secondary N) is 2. The summed E-state index contributed by atoms with van der Waals surface area (Å²) in [5.41, 5.74) is 1.70. The molecule has 2 aromatic rings. The molecule has 1 saturated carbocycles. The maximum Gasteiger partial charge on any atom is 0.248 e. The van der Waals surface area contributed by atoms with Gasteiger partial charge in [0.1, 0.15) is 0 Å². The van der Waals surface area contributed by atoms with Crippen molar-refractivity contribution in [1.29, 1.82) is 5.26 Å². The minimum Gasteiger partial charge on any atom is -0.322 e. The molecule has 0 unspecified atom stereocenters. The zero-order valence-corrected chi connectivity index (χ0v) is 14.7. The van der Waals surface area contributed by atoms with Crippen LogP contribution in [0.15, 0.2) is 59.5 Å².